The maximum absolute atomic E-state index is 12.3. The van der Waals surface area contributed by atoms with Crippen LogP contribution < -0.4 is 0 Å². The van der Waals surface area contributed by atoms with E-state index in [0.717, 1.165) is 4.57 Å². The third kappa shape index (κ3) is 1.93. The lowest BCUT2D eigenvalue weighted by Gasteiger charge is -2.08. The van der Waals surface area contributed by atoms with E-state index in [4.69, 9.17) is 0 Å². The largest absolute Gasteiger partial charge is 0.406 e. The molecule has 0 saturated carbocycles. The quantitative estimate of drug-likeness (QED) is 0.723. The number of rotatable bonds is 2. The van der Waals surface area contributed by atoms with E-state index in [0.29, 0.717) is 17.2 Å². The minimum absolute atomic E-state index is 0.278. The Morgan fingerprint density at radius 3 is 2.56 bits per heavy atom. The van der Waals surface area contributed by atoms with Gasteiger partial charge in [0.1, 0.15) is 6.54 Å². The molecule has 16 heavy (non-hydrogen) atoms. The van der Waals surface area contributed by atoms with Crippen molar-refractivity contribution in [3.8, 4) is 0 Å². The number of carbonyl (C=O) groups is 1. The molecule has 0 unspecified atom stereocenters. The van der Waals surface area contributed by atoms with Gasteiger partial charge in [-0.05, 0) is 6.07 Å². The van der Waals surface area contributed by atoms with E-state index in [1.807, 2.05) is 0 Å². The first-order chi connectivity index (χ1) is 7.51. The van der Waals surface area contributed by atoms with Crippen LogP contribution >= 0.6 is 0 Å². The van der Waals surface area contributed by atoms with Crippen LogP contribution in [0.2, 0.25) is 0 Å². The van der Waals surface area contributed by atoms with Gasteiger partial charge >= 0.3 is 6.18 Å². The second-order valence-corrected chi connectivity index (χ2v) is 3.46. The summed E-state index contributed by atoms with van der Waals surface area (Å²) in [7, 11) is 0. The molecule has 0 spiro atoms. The van der Waals surface area contributed by atoms with E-state index in [-0.39, 0.29) is 5.56 Å². The first kappa shape index (κ1) is 10.7. The predicted octanol–water partition coefficient (Wildman–Crippen LogP) is 3.02. The molecule has 0 amide bonds. The third-order valence-corrected chi connectivity index (χ3v) is 2.30. The van der Waals surface area contributed by atoms with Gasteiger partial charge < -0.3 is 4.57 Å². The Labute approximate surface area is 89.3 Å². The summed E-state index contributed by atoms with van der Waals surface area (Å²) in [6.07, 6.45) is -2.50. The number of aldehydes is 1. The molecule has 0 radical (unpaired) electrons. The first-order valence-electron chi connectivity index (χ1n) is 4.61. The number of halogens is 3. The Balaban J connectivity index is 2.58. The summed E-state index contributed by atoms with van der Waals surface area (Å²) in [5.74, 6) is 0. The summed E-state index contributed by atoms with van der Waals surface area (Å²) in [5, 5.41) is 0.543. The van der Waals surface area contributed by atoms with Crippen LogP contribution in [0.5, 0.6) is 0 Å². The second-order valence-electron chi connectivity index (χ2n) is 3.46. The topological polar surface area (TPSA) is 22.0 Å². The molecule has 0 aliphatic carbocycles. The van der Waals surface area contributed by atoms with Gasteiger partial charge in [-0.25, -0.2) is 0 Å². The molecule has 0 saturated heterocycles. The molecule has 0 aliphatic heterocycles. The summed E-state index contributed by atoms with van der Waals surface area (Å²) in [6.45, 7) is -1.08. The normalized spacial score (nSPS) is 11.9. The van der Waals surface area contributed by atoms with Crippen LogP contribution in [0, 0.1) is 0 Å². The first-order valence-corrected chi connectivity index (χ1v) is 4.61. The molecular weight excluding hydrogens is 219 g/mol. The number of hydrogen-bond donors (Lipinski definition) is 0. The van der Waals surface area contributed by atoms with Gasteiger partial charge in [-0.3, -0.25) is 4.79 Å². The number of fused-ring (bicyclic) bond motifs is 1. The second kappa shape index (κ2) is 3.66. The van der Waals surface area contributed by atoms with Gasteiger partial charge in [0.2, 0.25) is 0 Å². The van der Waals surface area contributed by atoms with Crippen LogP contribution in [0.15, 0.2) is 30.5 Å². The Hall–Kier alpha value is -1.78. The SMILES string of the molecule is O=Cc1cn(CC(F)(F)F)c2ccccc12. The molecule has 1 aromatic carbocycles. The van der Waals surface area contributed by atoms with E-state index in [1.165, 1.54) is 6.20 Å². The van der Waals surface area contributed by atoms with Crippen molar-refractivity contribution in [3.05, 3.63) is 36.0 Å². The van der Waals surface area contributed by atoms with Crippen LogP contribution in [0.25, 0.3) is 10.9 Å². The Bertz CT molecular complexity index is 527. The molecule has 5 heteroatoms. The van der Waals surface area contributed by atoms with Gasteiger partial charge in [0, 0.05) is 22.7 Å². The summed E-state index contributed by atoms with van der Waals surface area (Å²) >= 11 is 0. The maximum atomic E-state index is 12.3. The molecular formula is C11H8F3NO. The van der Waals surface area contributed by atoms with Crippen molar-refractivity contribution in [3.63, 3.8) is 0 Å². The van der Waals surface area contributed by atoms with Gasteiger partial charge in [-0.2, -0.15) is 13.2 Å². The number of alkyl halides is 3. The van der Waals surface area contributed by atoms with Crippen LogP contribution in [-0.2, 0) is 6.54 Å². The molecule has 1 heterocycles. The lowest BCUT2D eigenvalue weighted by molar-refractivity contribution is -0.139. The molecule has 2 aromatic rings. The zero-order chi connectivity index (χ0) is 11.8. The van der Waals surface area contributed by atoms with E-state index in [9.17, 15) is 18.0 Å². The van der Waals surface area contributed by atoms with Gasteiger partial charge in [-0.1, -0.05) is 18.2 Å². The van der Waals surface area contributed by atoms with Crippen molar-refractivity contribution in [2.75, 3.05) is 0 Å². The van der Waals surface area contributed by atoms with Gasteiger partial charge in [0.15, 0.2) is 6.29 Å². The van der Waals surface area contributed by atoms with Crippen molar-refractivity contribution in [1.29, 1.82) is 0 Å². The van der Waals surface area contributed by atoms with Gasteiger partial charge in [0.05, 0.1) is 0 Å². The summed E-state index contributed by atoms with van der Waals surface area (Å²) in [6, 6.07) is 6.52. The summed E-state index contributed by atoms with van der Waals surface area (Å²) in [5.41, 5.74) is 0.696. The van der Waals surface area contributed by atoms with E-state index >= 15 is 0 Å². The number of benzene rings is 1. The zero-order valence-corrected chi connectivity index (χ0v) is 8.16. The molecule has 0 fully saturated rings. The molecule has 1 aromatic heterocycles. The number of aromatic nitrogens is 1. The Kier molecular flexibility index (Phi) is 2.46. The molecule has 0 N–H and O–H groups in total. The minimum Gasteiger partial charge on any atom is -0.338 e. The van der Waals surface area contributed by atoms with E-state index in [2.05, 4.69) is 0 Å². The standard InChI is InChI=1S/C11H8F3NO/c12-11(13,14)7-15-5-8(6-16)9-3-1-2-4-10(9)15/h1-6H,7H2. The van der Waals surface area contributed by atoms with Crippen LogP contribution in [0.3, 0.4) is 0 Å². The number of hydrogen-bond acceptors (Lipinski definition) is 1. The Morgan fingerprint density at radius 1 is 1.25 bits per heavy atom. The van der Waals surface area contributed by atoms with Crippen LogP contribution in [0.1, 0.15) is 10.4 Å². The monoisotopic (exact) mass is 227 g/mol. The number of carbonyl (C=O) groups excluding carboxylic acids is 1. The highest BCUT2D eigenvalue weighted by Crippen LogP contribution is 2.24. The average Bonchev–Trinajstić information content (AvgIpc) is 2.55. The molecule has 2 nitrogen and oxygen atoms in total. The molecule has 2 rings (SSSR count). The molecule has 0 aliphatic rings. The highest BCUT2D eigenvalue weighted by atomic mass is 19.4. The van der Waals surface area contributed by atoms with Crippen LogP contribution in [0.4, 0.5) is 13.2 Å². The van der Waals surface area contributed by atoms with Crippen molar-refractivity contribution < 1.29 is 18.0 Å². The average molecular weight is 227 g/mol. The number of para-hydroxylation sites is 1. The highest BCUT2D eigenvalue weighted by Gasteiger charge is 2.28. The molecule has 84 valence electrons. The summed E-state index contributed by atoms with van der Waals surface area (Å²) < 4.78 is 37.9. The Morgan fingerprint density at radius 2 is 1.94 bits per heavy atom. The minimum atomic E-state index is -4.29. The molecule has 0 atom stereocenters. The third-order valence-electron chi connectivity index (χ3n) is 2.30. The fourth-order valence-electron chi connectivity index (χ4n) is 1.69. The lowest BCUT2D eigenvalue weighted by Crippen LogP contribution is -2.16. The highest BCUT2D eigenvalue weighted by molar-refractivity contribution is 5.97. The van der Waals surface area contributed by atoms with Gasteiger partial charge in [0.25, 0.3) is 0 Å². The predicted molar refractivity (Wildman–Crippen MR) is 53.4 cm³/mol. The summed E-state index contributed by atoms with van der Waals surface area (Å²) in [4.78, 5) is 10.7. The van der Waals surface area contributed by atoms with Crippen molar-refractivity contribution in [1.82, 2.24) is 4.57 Å². The van der Waals surface area contributed by atoms with Crippen molar-refractivity contribution in [2.45, 2.75) is 12.7 Å². The van der Waals surface area contributed by atoms with Crippen LogP contribution in [-0.4, -0.2) is 17.0 Å². The fraction of sp³-hybridized carbons (Fsp3) is 0.182. The number of nitrogens with zero attached hydrogens (tertiary/aromatic N) is 1. The van der Waals surface area contributed by atoms with Crippen molar-refractivity contribution >= 4 is 17.2 Å². The van der Waals surface area contributed by atoms with E-state index in [1.54, 1.807) is 24.3 Å². The molecule has 0 bridgehead atoms. The van der Waals surface area contributed by atoms with Crippen molar-refractivity contribution in [2.24, 2.45) is 0 Å². The maximum Gasteiger partial charge on any atom is 0.406 e. The smallest absolute Gasteiger partial charge is 0.338 e. The van der Waals surface area contributed by atoms with Gasteiger partial charge in [-0.15, -0.1) is 0 Å². The lowest BCUT2D eigenvalue weighted by atomic mass is 10.2. The fourth-order valence-corrected chi connectivity index (χ4v) is 1.69. The zero-order valence-electron chi connectivity index (χ0n) is 8.16. The van der Waals surface area contributed by atoms with E-state index < -0.39 is 12.7 Å².